The molecule has 0 unspecified atom stereocenters. The molecule has 0 saturated heterocycles. The number of hydrogen-bond acceptors (Lipinski definition) is 1. The number of rotatable bonds is 6. The molecule has 0 spiro atoms. The first-order chi connectivity index (χ1) is 10.0. The van der Waals surface area contributed by atoms with E-state index in [2.05, 4.69) is 4.98 Å². The van der Waals surface area contributed by atoms with Crippen molar-refractivity contribution in [1.29, 1.82) is 0 Å². The van der Waals surface area contributed by atoms with Crippen molar-refractivity contribution in [2.24, 2.45) is 0 Å². The molecule has 0 aliphatic heterocycles. The van der Waals surface area contributed by atoms with Gasteiger partial charge in [0.2, 0.25) is 0 Å². The van der Waals surface area contributed by atoms with E-state index >= 15 is 0 Å². The van der Waals surface area contributed by atoms with E-state index in [1.165, 1.54) is 0 Å². The fourth-order valence-electron chi connectivity index (χ4n) is 2.55. The van der Waals surface area contributed by atoms with Gasteiger partial charge in [0.15, 0.2) is 5.43 Å². The Bertz CT molecular complexity index is 697. The van der Waals surface area contributed by atoms with E-state index in [0.29, 0.717) is 23.6 Å². The van der Waals surface area contributed by atoms with Crippen LogP contribution in [0.2, 0.25) is 0 Å². The highest BCUT2D eigenvalue weighted by atomic mass is 35.5. The molecule has 5 heteroatoms. The highest BCUT2D eigenvalue weighted by molar-refractivity contribution is 6.17. The Kier molecular flexibility index (Phi) is 5.34. The average Bonchev–Trinajstić information content (AvgIpc) is 2.40. The standard InChI is InChI=1S/C16H18ClF2NO/c1-10-12(6-4-2-3-5-7-17)16(21)15-13(19)8-11(18)9-14(15)20-10/h8-9H,2-7H2,1H3,(H,20,21). The minimum atomic E-state index is -0.811. The maximum Gasteiger partial charge on any atom is 0.195 e. The summed E-state index contributed by atoms with van der Waals surface area (Å²) in [5.41, 5.74) is 1.13. The van der Waals surface area contributed by atoms with Gasteiger partial charge in [0.25, 0.3) is 0 Å². The Morgan fingerprint density at radius 3 is 2.57 bits per heavy atom. The Balaban J connectivity index is 2.30. The Hall–Kier alpha value is -1.42. The van der Waals surface area contributed by atoms with Gasteiger partial charge in [-0.05, 0) is 32.3 Å². The van der Waals surface area contributed by atoms with Gasteiger partial charge in [-0.25, -0.2) is 8.78 Å². The van der Waals surface area contributed by atoms with Crippen LogP contribution in [0.3, 0.4) is 0 Å². The maximum atomic E-state index is 13.8. The van der Waals surface area contributed by atoms with Gasteiger partial charge in [0.05, 0.1) is 10.9 Å². The number of nitrogens with one attached hydrogen (secondary N) is 1. The SMILES string of the molecule is Cc1[nH]c2cc(F)cc(F)c2c(=O)c1CCCCCCCl. The molecule has 1 aromatic carbocycles. The number of H-pyrrole nitrogens is 1. The molecular formula is C16H18ClF2NO. The van der Waals surface area contributed by atoms with Crippen molar-refractivity contribution in [3.8, 4) is 0 Å². The normalized spacial score (nSPS) is 11.2. The lowest BCUT2D eigenvalue weighted by Crippen LogP contribution is -2.15. The van der Waals surface area contributed by atoms with Gasteiger partial charge in [-0.15, -0.1) is 11.6 Å². The molecule has 0 radical (unpaired) electrons. The molecule has 1 aromatic heterocycles. The quantitative estimate of drug-likeness (QED) is 0.620. The second-order valence-electron chi connectivity index (χ2n) is 5.22. The average molecular weight is 314 g/mol. The van der Waals surface area contributed by atoms with E-state index < -0.39 is 11.6 Å². The first-order valence-corrected chi connectivity index (χ1v) is 7.64. The molecule has 1 heterocycles. The Morgan fingerprint density at radius 2 is 1.86 bits per heavy atom. The molecule has 114 valence electrons. The molecule has 0 amide bonds. The number of unbranched alkanes of at least 4 members (excludes halogenated alkanes) is 3. The molecule has 0 atom stereocenters. The minimum absolute atomic E-state index is 0.0576. The third-order valence-corrected chi connectivity index (χ3v) is 3.91. The van der Waals surface area contributed by atoms with Crippen molar-refractivity contribution in [1.82, 2.24) is 4.98 Å². The third kappa shape index (κ3) is 3.62. The van der Waals surface area contributed by atoms with Gasteiger partial charge in [-0.1, -0.05) is 12.8 Å². The molecule has 0 aliphatic carbocycles. The lowest BCUT2D eigenvalue weighted by molar-refractivity contribution is 0.590. The lowest BCUT2D eigenvalue weighted by atomic mass is 10.0. The summed E-state index contributed by atoms with van der Waals surface area (Å²) in [6.07, 6.45) is 4.41. The molecule has 1 N–H and O–H groups in total. The number of benzene rings is 1. The topological polar surface area (TPSA) is 32.9 Å². The summed E-state index contributed by atoms with van der Waals surface area (Å²) in [4.78, 5) is 15.3. The van der Waals surface area contributed by atoms with Crippen LogP contribution in [-0.4, -0.2) is 10.9 Å². The molecule has 2 rings (SSSR count). The summed E-state index contributed by atoms with van der Waals surface area (Å²) in [6.45, 7) is 1.76. The van der Waals surface area contributed by atoms with Crippen LogP contribution >= 0.6 is 11.6 Å². The van der Waals surface area contributed by atoms with Crippen LogP contribution in [0.1, 0.15) is 36.9 Å². The second-order valence-corrected chi connectivity index (χ2v) is 5.60. The maximum absolute atomic E-state index is 13.8. The highest BCUT2D eigenvalue weighted by Gasteiger charge is 2.13. The summed E-state index contributed by atoms with van der Waals surface area (Å²) >= 11 is 5.62. The first-order valence-electron chi connectivity index (χ1n) is 7.11. The Morgan fingerprint density at radius 1 is 1.14 bits per heavy atom. The number of aromatic nitrogens is 1. The predicted molar refractivity (Wildman–Crippen MR) is 82.1 cm³/mol. The molecule has 21 heavy (non-hydrogen) atoms. The van der Waals surface area contributed by atoms with Gasteiger partial charge < -0.3 is 4.98 Å². The largest absolute Gasteiger partial charge is 0.358 e. The van der Waals surface area contributed by atoms with E-state index in [9.17, 15) is 13.6 Å². The zero-order valence-electron chi connectivity index (χ0n) is 11.9. The van der Waals surface area contributed by atoms with E-state index in [-0.39, 0.29) is 16.3 Å². The Labute approximate surface area is 127 Å². The van der Waals surface area contributed by atoms with Gasteiger partial charge in [-0.3, -0.25) is 4.79 Å². The summed E-state index contributed by atoms with van der Waals surface area (Å²) in [7, 11) is 0. The van der Waals surface area contributed by atoms with E-state index in [0.717, 1.165) is 37.8 Å². The van der Waals surface area contributed by atoms with E-state index in [1.807, 2.05) is 0 Å². The third-order valence-electron chi connectivity index (χ3n) is 3.64. The van der Waals surface area contributed by atoms with Crippen LogP contribution in [-0.2, 0) is 6.42 Å². The zero-order valence-corrected chi connectivity index (χ0v) is 12.7. The van der Waals surface area contributed by atoms with Crippen molar-refractivity contribution in [3.05, 3.63) is 45.2 Å². The van der Waals surface area contributed by atoms with Crippen molar-refractivity contribution >= 4 is 22.5 Å². The highest BCUT2D eigenvalue weighted by Crippen LogP contribution is 2.18. The van der Waals surface area contributed by atoms with Gasteiger partial charge >= 0.3 is 0 Å². The molecule has 2 aromatic rings. The fraction of sp³-hybridized carbons (Fsp3) is 0.438. The summed E-state index contributed by atoms with van der Waals surface area (Å²) in [5.74, 6) is -0.856. The number of aryl methyl sites for hydroxylation is 1. The monoisotopic (exact) mass is 313 g/mol. The van der Waals surface area contributed by atoms with Crippen molar-refractivity contribution in [2.45, 2.75) is 39.0 Å². The van der Waals surface area contributed by atoms with Crippen LogP contribution in [0.25, 0.3) is 10.9 Å². The summed E-state index contributed by atoms with van der Waals surface area (Å²) < 4.78 is 27.0. The second kappa shape index (κ2) is 7.03. The number of pyridine rings is 1. The number of aromatic amines is 1. The molecule has 0 fully saturated rings. The fourth-order valence-corrected chi connectivity index (χ4v) is 2.74. The zero-order chi connectivity index (χ0) is 15.4. The molecule has 0 aliphatic rings. The lowest BCUT2D eigenvalue weighted by Gasteiger charge is -2.09. The van der Waals surface area contributed by atoms with E-state index in [4.69, 9.17) is 11.6 Å². The van der Waals surface area contributed by atoms with Gasteiger partial charge in [0, 0.05) is 23.2 Å². The van der Waals surface area contributed by atoms with Crippen LogP contribution in [0.4, 0.5) is 8.78 Å². The van der Waals surface area contributed by atoms with Crippen LogP contribution < -0.4 is 5.43 Å². The van der Waals surface area contributed by atoms with Crippen molar-refractivity contribution < 1.29 is 8.78 Å². The number of halogens is 3. The van der Waals surface area contributed by atoms with Gasteiger partial charge in [0.1, 0.15) is 11.6 Å². The number of hydrogen-bond donors (Lipinski definition) is 1. The summed E-state index contributed by atoms with van der Waals surface area (Å²) in [5, 5.41) is -0.0576. The molecule has 0 saturated carbocycles. The van der Waals surface area contributed by atoms with E-state index in [1.54, 1.807) is 6.92 Å². The van der Waals surface area contributed by atoms with Gasteiger partial charge in [-0.2, -0.15) is 0 Å². The van der Waals surface area contributed by atoms with Crippen molar-refractivity contribution in [2.75, 3.05) is 5.88 Å². The predicted octanol–water partition coefficient (Wildman–Crippen LogP) is 4.46. The number of alkyl halides is 1. The van der Waals surface area contributed by atoms with Crippen molar-refractivity contribution in [3.63, 3.8) is 0 Å². The summed E-state index contributed by atoms with van der Waals surface area (Å²) in [6, 6.07) is 1.90. The molecular weight excluding hydrogens is 296 g/mol. The smallest absolute Gasteiger partial charge is 0.195 e. The van der Waals surface area contributed by atoms with Crippen LogP contribution in [0.15, 0.2) is 16.9 Å². The van der Waals surface area contributed by atoms with Crippen LogP contribution in [0, 0.1) is 18.6 Å². The number of fused-ring (bicyclic) bond motifs is 1. The van der Waals surface area contributed by atoms with Crippen LogP contribution in [0.5, 0.6) is 0 Å². The minimum Gasteiger partial charge on any atom is -0.358 e. The molecule has 2 nitrogen and oxygen atoms in total. The molecule has 0 bridgehead atoms. The first kappa shape index (κ1) is 16.0.